The van der Waals surface area contributed by atoms with E-state index in [0.717, 1.165) is 40.0 Å². The first kappa shape index (κ1) is 23.9. The quantitative estimate of drug-likeness (QED) is 0.425. The third kappa shape index (κ3) is 5.46. The zero-order valence-corrected chi connectivity index (χ0v) is 21.1. The van der Waals surface area contributed by atoms with Gasteiger partial charge in [-0.2, -0.15) is 0 Å². The van der Waals surface area contributed by atoms with Gasteiger partial charge in [-0.1, -0.05) is 24.3 Å². The first-order valence-corrected chi connectivity index (χ1v) is 11.9. The van der Waals surface area contributed by atoms with Crippen molar-refractivity contribution in [3.8, 4) is 0 Å². The summed E-state index contributed by atoms with van der Waals surface area (Å²) in [5, 5.41) is 0. The average Bonchev–Trinajstić information content (AvgIpc) is 2.91. The zero-order chi connectivity index (χ0) is 23.6. The Bertz CT molecular complexity index is 1040. The molecule has 1 aromatic carbocycles. The normalized spacial score (nSPS) is 18.8. The number of nitrogens with zero attached hydrogens (tertiary/aromatic N) is 3. The lowest BCUT2D eigenvalue weighted by atomic mass is 9.95. The van der Waals surface area contributed by atoms with E-state index in [-0.39, 0.29) is 12.1 Å². The summed E-state index contributed by atoms with van der Waals surface area (Å²) in [7, 11) is 1.51. The minimum Gasteiger partial charge on any atom is -0.444 e. The molecule has 0 spiro atoms. The van der Waals surface area contributed by atoms with E-state index in [4.69, 9.17) is 19.5 Å². The van der Waals surface area contributed by atoms with Crippen molar-refractivity contribution in [1.82, 2.24) is 14.8 Å². The molecule has 33 heavy (non-hydrogen) atoms. The number of carbonyl (C=O) groups excluding carboxylic acids is 1. The van der Waals surface area contributed by atoms with E-state index in [9.17, 15) is 4.79 Å². The Morgan fingerprint density at radius 3 is 2.61 bits per heavy atom. The molecule has 4 rings (SSSR count). The Hall–Kier alpha value is -2.26. The summed E-state index contributed by atoms with van der Waals surface area (Å²) < 4.78 is 6.48. The number of ether oxygens (including phenoxy) is 1. The molecule has 1 aliphatic heterocycles. The van der Waals surface area contributed by atoms with Crippen molar-refractivity contribution in [3.05, 3.63) is 63.4 Å². The molecule has 0 saturated carbocycles. The van der Waals surface area contributed by atoms with Gasteiger partial charge >= 0.3 is 6.09 Å². The molecule has 1 aliphatic carbocycles. The summed E-state index contributed by atoms with van der Waals surface area (Å²) in [5.41, 5.74) is 4.81. The van der Waals surface area contributed by atoms with Crippen LogP contribution in [0.2, 0.25) is 0 Å². The summed E-state index contributed by atoms with van der Waals surface area (Å²) in [6.07, 6.45) is 3.73. The van der Waals surface area contributed by atoms with E-state index in [1.54, 1.807) is 4.90 Å². The molecule has 2 aromatic rings. The van der Waals surface area contributed by atoms with Gasteiger partial charge in [-0.25, -0.2) is 14.6 Å². The van der Waals surface area contributed by atoms with Crippen LogP contribution in [0.25, 0.3) is 11.6 Å². The van der Waals surface area contributed by atoms with Crippen molar-refractivity contribution in [2.24, 2.45) is 0 Å². The molecule has 1 atom stereocenters. The molecule has 1 unspecified atom stereocenters. The standard InChI is InChI=1S/C25H30BrN3O4/c1-25(2,3)33-24(30)29-11-9-28(10-12-29)23-20-8-6-5-7-17(20)13-18(16-32-31-4)21-14-19(26)15-27-22(21)23/h5-8,13-15,23H,9-12,16H2,1-4H3. The summed E-state index contributed by atoms with van der Waals surface area (Å²) in [5.74, 6) is 0. The number of carbonyl (C=O) groups is 1. The monoisotopic (exact) mass is 515 g/mol. The van der Waals surface area contributed by atoms with Gasteiger partial charge in [-0.3, -0.25) is 9.88 Å². The number of aromatic nitrogens is 1. The summed E-state index contributed by atoms with van der Waals surface area (Å²) in [6.45, 7) is 8.64. The number of halogens is 1. The number of amides is 1. The van der Waals surface area contributed by atoms with Crippen LogP contribution in [0, 0.1) is 0 Å². The Morgan fingerprint density at radius 2 is 1.91 bits per heavy atom. The minimum absolute atomic E-state index is 0.0404. The smallest absolute Gasteiger partial charge is 0.410 e. The first-order valence-electron chi connectivity index (χ1n) is 11.1. The second-order valence-electron chi connectivity index (χ2n) is 9.22. The Labute approximate surface area is 203 Å². The molecule has 0 N–H and O–H groups in total. The molecular weight excluding hydrogens is 486 g/mol. The van der Waals surface area contributed by atoms with Crippen LogP contribution >= 0.6 is 15.9 Å². The molecule has 2 aliphatic rings. The molecule has 8 heteroatoms. The second-order valence-corrected chi connectivity index (χ2v) is 10.1. The lowest BCUT2D eigenvalue weighted by Crippen LogP contribution is -2.51. The van der Waals surface area contributed by atoms with Crippen molar-refractivity contribution in [2.75, 3.05) is 39.9 Å². The topological polar surface area (TPSA) is 64.1 Å². The van der Waals surface area contributed by atoms with Gasteiger partial charge in [0.2, 0.25) is 0 Å². The highest BCUT2D eigenvalue weighted by atomic mass is 79.9. The number of fused-ring (bicyclic) bond motifs is 2. The number of rotatable bonds is 4. The summed E-state index contributed by atoms with van der Waals surface area (Å²) >= 11 is 3.58. The third-order valence-corrected chi connectivity index (χ3v) is 6.21. The molecule has 1 amide bonds. The number of benzene rings is 1. The van der Waals surface area contributed by atoms with Gasteiger partial charge in [0.25, 0.3) is 0 Å². The van der Waals surface area contributed by atoms with Gasteiger partial charge in [0.05, 0.1) is 18.8 Å². The van der Waals surface area contributed by atoms with Crippen LogP contribution in [0.5, 0.6) is 0 Å². The van der Waals surface area contributed by atoms with Gasteiger partial charge in [-0.15, -0.1) is 0 Å². The van der Waals surface area contributed by atoms with Crippen LogP contribution in [-0.2, 0) is 14.5 Å². The molecule has 0 radical (unpaired) electrons. The molecule has 176 valence electrons. The van der Waals surface area contributed by atoms with Crippen molar-refractivity contribution >= 4 is 33.7 Å². The maximum absolute atomic E-state index is 12.6. The van der Waals surface area contributed by atoms with Gasteiger partial charge in [0.1, 0.15) is 12.2 Å². The maximum atomic E-state index is 12.6. The maximum Gasteiger partial charge on any atom is 0.410 e. The molecular formula is C25H30BrN3O4. The largest absolute Gasteiger partial charge is 0.444 e. The van der Waals surface area contributed by atoms with Gasteiger partial charge in [0, 0.05) is 42.4 Å². The Balaban J connectivity index is 1.67. The Morgan fingerprint density at radius 1 is 1.18 bits per heavy atom. The van der Waals surface area contributed by atoms with Crippen LogP contribution in [0.3, 0.4) is 0 Å². The predicted molar refractivity (Wildman–Crippen MR) is 130 cm³/mol. The number of hydrogen-bond acceptors (Lipinski definition) is 6. The molecule has 1 fully saturated rings. The number of piperazine rings is 1. The van der Waals surface area contributed by atoms with Gasteiger partial charge in [0.15, 0.2) is 0 Å². The highest BCUT2D eigenvalue weighted by molar-refractivity contribution is 9.10. The number of pyridine rings is 1. The fourth-order valence-electron chi connectivity index (χ4n) is 4.33. The van der Waals surface area contributed by atoms with Crippen molar-refractivity contribution in [2.45, 2.75) is 32.4 Å². The van der Waals surface area contributed by atoms with E-state index in [1.165, 1.54) is 12.7 Å². The molecule has 7 nitrogen and oxygen atoms in total. The van der Waals surface area contributed by atoms with Crippen LogP contribution in [0.1, 0.15) is 49.2 Å². The highest BCUT2D eigenvalue weighted by Crippen LogP contribution is 2.40. The van der Waals surface area contributed by atoms with Crippen LogP contribution in [0.4, 0.5) is 4.79 Å². The second kappa shape index (κ2) is 9.93. The minimum atomic E-state index is -0.503. The lowest BCUT2D eigenvalue weighted by molar-refractivity contribution is -0.261. The van der Waals surface area contributed by atoms with E-state index in [1.807, 2.05) is 33.0 Å². The fraction of sp³-hybridized carbons (Fsp3) is 0.440. The molecule has 0 bridgehead atoms. The predicted octanol–water partition coefficient (Wildman–Crippen LogP) is 4.92. The van der Waals surface area contributed by atoms with Gasteiger partial charge < -0.3 is 9.64 Å². The van der Waals surface area contributed by atoms with E-state index >= 15 is 0 Å². The summed E-state index contributed by atoms with van der Waals surface area (Å²) in [6, 6.07) is 10.4. The lowest BCUT2D eigenvalue weighted by Gasteiger charge is -2.40. The first-order chi connectivity index (χ1) is 15.8. The summed E-state index contributed by atoms with van der Waals surface area (Å²) in [4.78, 5) is 31.8. The van der Waals surface area contributed by atoms with E-state index in [0.29, 0.717) is 19.7 Å². The van der Waals surface area contributed by atoms with Crippen LogP contribution < -0.4 is 0 Å². The van der Waals surface area contributed by atoms with Crippen LogP contribution in [0.15, 0.2) is 41.0 Å². The van der Waals surface area contributed by atoms with Crippen molar-refractivity contribution < 1.29 is 19.3 Å². The van der Waals surface area contributed by atoms with Crippen LogP contribution in [-0.4, -0.2) is 66.4 Å². The zero-order valence-electron chi connectivity index (χ0n) is 19.5. The van der Waals surface area contributed by atoms with E-state index in [2.05, 4.69) is 51.2 Å². The molecule has 1 saturated heterocycles. The fourth-order valence-corrected chi connectivity index (χ4v) is 4.66. The molecule has 1 aromatic heterocycles. The Kier molecular flexibility index (Phi) is 7.19. The third-order valence-electron chi connectivity index (χ3n) is 5.77. The molecule has 2 heterocycles. The van der Waals surface area contributed by atoms with E-state index < -0.39 is 5.60 Å². The van der Waals surface area contributed by atoms with Gasteiger partial charge in [-0.05, 0) is 65.5 Å². The van der Waals surface area contributed by atoms with Crippen molar-refractivity contribution in [1.29, 1.82) is 0 Å². The number of hydrogen-bond donors (Lipinski definition) is 0. The SMILES string of the molecule is COOCC1=Cc2ccccc2C(N2CCN(C(=O)OC(C)(C)C)CC2)c2ncc(Br)cc21. The highest BCUT2D eigenvalue weighted by Gasteiger charge is 2.34. The van der Waals surface area contributed by atoms with Crippen molar-refractivity contribution in [3.63, 3.8) is 0 Å². The average molecular weight is 516 g/mol.